The van der Waals surface area contributed by atoms with Crippen LogP contribution in [0.15, 0.2) is 0 Å². The summed E-state index contributed by atoms with van der Waals surface area (Å²) in [6, 6.07) is 0. The lowest BCUT2D eigenvalue weighted by Gasteiger charge is -2.19. The molecule has 0 aromatic heterocycles. The molecular weight excluding hydrogens is 132 g/mol. The normalized spacial score (nSPS) is 15.1. The lowest BCUT2D eigenvalue weighted by Crippen LogP contribution is -2.31. The highest BCUT2D eigenvalue weighted by molar-refractivity contribution is 6.69. The second-order valence-electron chi connectivity index (χ2n) is 3.07. The van der Waals surface area contributed by atoms with Gasteiger partial charge in [0.15, 0.2) is 8.32 Å². The second kappa shape index (κ2) is 3.13. The van der Waals surface area contributed by atoms with E-state index in [0.29, 0.717) is 0 Å². The maximum Gasteiger partial charge on any atom is 0.184 e. The number of carbonyl (C=O) groups excluding carboxylic acids is 1. The SMILES string of the molecule is C[C@@H](C=O)O[Si](C)(C)C. The van der Waals surface area contributed by atoms with Crippen molar-refractivity contribution in [1.82, 2.24) is 0 Å². The summed E-state index contributed by atoms with van der Waals surface area (Å²) in [6.45, 7) is 7.96. The highest BCUT2D eigenvalue weighted by Crippen LogP contribution is 2.04. The number of hydrogen-bond donors (Lipinski definition) is 0. The van der Waals surface area contributed by atoms with E-state index in [4.69, 9.17) is 4.43 Å². The third kappa shape index (κ3) is 5.72. The molecule has 0 amide bonds. The molecule has 0 fully saturated rings. The van der Waals surface area contributed by atoms with Crippen LogP contribution in [-0.2, 0) is 9.22 Å². The molecule has 3 heteroatoms. The molecular formula is C6H14O2Si. The van der Waals surface area contributed by atoms with E-state index >= 15 is 0 Å². The summed E-state index contributed by atoms with van der Waals surface area (Å²) in [5.41, 5.74) is 0. The summed E-state index contributed by atoms with van der Waals surface area (Å²) in [5, 5.41) is 0. The van der Waals surface area contributed by atoms with E-state index in [1.54, 1.807) is 6.92 Å². The molecule has 0 aliphatic heterocycles. The van der Waals surface area contributed by atoms with Gasteiger partial charge in [0.25, 0.3) is 0 Å². The van der Waals surface area contributed by atoms with E-state index in [-0.39, 0.29) is 6.10 Å². The fourth-order valence-electron chi connectivity index (χ4n) is 0.585. The first-order valence-electron chi connectivity index (χ1n) is 3.09. The molecule has 0 N–H and O–H groups in total. The van der Waals surface area contributed by atoms with Crippen LogP contribution in [0.25, 0.3) is 0 Å². The summed E-state index contributed by atoms with van der Waals surface area (Å²) >= 11 is 0. The van der Waals surface area contributed by atoms with Crippen LogP contribution in [0.3, 0.4) is 0 Å². The van der Waals surface area contributed by atoms with Crippen molar-refractivity contribution in [3.05, 3.63) is 0 Å². The van der Waals surface area contributed by atoms with Gasteiger partial charge < -0.3 is 9.22 Å². The first-order valence-corrected chi connectivity index (χ1v) is 6.49. The number of hydrogen-bond acceptors (Lipinski definition) is 2. The predicted molar refractivity (Wildman–Crippen MR) is 40.0 cm³/mol. The Kier molecular flexibility index (Phi) is 3.07. The highest BCUT2D eigenvalue weighted by Gasteiger charge is 2.16. The Morgan fingerprint density at radius 3 is 2.00 bits per heavy atom. The number of rotatable bonds is 3. The Balaban J connectivity index is 3.59. The van der Waals surface area contributed by atoms with Crippen LogP contribution in [0.2, 0.25) is 19.6 Å². The number of aldehydes is 1. The van der Waals surface area contributed by atoms with Gasteiger partial charge in [-0.05, 0) is 26.6 Å². The van der Waals surface area contributed by atoms with Gasteiger partial charge >= 0.3 is 0 Å². The van der Waals surface area contributed by atoms with E-state index in [1.165, 1.54) is 0 Å². The largest absolute Gasteiger partial charge is 0.408 e. The minimum atomic E-state index is -1.47. The standard InChI is InChI=1S/C6H14O2Si/c1-6(5-7)8-9(2,3)4/h5-6H,1-4H3/t6-/m0/s1. The monoisotopic (exact) mass is 146 g/mol. The van der Waals surface area contributed by atoms with Crippen molar-refractivity contribution < 1.29 is 9.22 Å². The van der Waals surface area contributed by atoms with Gasteiger partial charge in [0, 0.05) is 0 Å². The van der Waals surface area contributed by atoms with Crippen molar-refractivity contribution >= 4 is 14.6 Å². The van der Waals surface area contributed by atoms with Gasteiger partial charge in [-0.25, -0.2) is 0 Å². The fourth-order valence-corrected chi connectivity index (χ4v) is 1.76. The van der Waals surface area contributed by atoms with E-state index < -0.39 is 8.32 Å². The van der Waals surface area contributed by atoms with Crippen LogP contribution in [0.4, 0.5) is 0 Å². The average Bonchev–Trinajstić information content (AvgIpc) is 1.62. The maximum atomic E-state index is 10.1. The molecule has 0 heterocycles. The molecule has 0 saturated heterocycles. The fraction of sp³-hybridized carbons (Fsp3) is 0.833. The molecule has 54 valence electrons. The van der Waals surface area contributed by atoms with Gasteiger partial charge in [-0.1, -0.05) is 0 Å². The Bertz CT molecular complexity index is 95.7. The third-order valence-electron chi connectivity index (χ3n) is 0.731. The molecule has 0 radical (unpaired) electrons. The van der Waals surface area contributed by atoms with Crippen LogP contribution in [-0.4, -0.2) is 20.7 Å². The Labute approximate surface area is 57.3 Å². The molecule has 0 aromatic carbocycles. The lowest BCUT2D eigenvalue weighted by molar-refractivity contribution is -0.113. The Hall–Kier alpha value is -0.153. The Morgan fingerprint density at radius 1 is 1.44 bits per heavy atom. The summed E-state index contributed by atoms with van der Waals surface area (Å²) < 4.78 is 5.36. The third-order valence-corrected chi connectivity index (χ3v) is 1.81. The molecule has 0 saturated carbocycles. The molecule has 0 unspecified atom stereocenters. The van der Waals surface area contributed by atoms with E-state index in [2.05, 4.69) is 19.6 Å². The van der Waals surface area contributed by atoms with Crippen LogP contribution in [0, 0.1) is 0 Å². The van der Waals surface area contributed by atoms with Gasteiger partial charge in [-0.2, -0.15) is 0 Å². The van der Waals surface area contributed by atoms with Crippen molar-refractivity contribution in [1.29, 1.82) is 0 Å². The molecule has 9 heavy (non-hydrogen) atoms. The van der Waals surface area contributed by atoms with Crippen LogP contribution in [0.1, 0.15) is 6.92 Å². The predicted octanol–water partition coefficient (Wildman–Crippen LogP) is 1.43. The second-order valence-corrected chi connectivity index (χ2v) is 7.53. The molecule has 0 aliphatic carbocycles. The zero-order chi connectivity index (χ0) is 7.49. The average molecular weight is 146 g/mol. The minimum Gasteiger partial charge on any atom is -0.408 e. The van der Waals surface area contributed by atoms with Gasteiger partial charge in [-0.15, -0.1) is 0 Å². The molecule has 1 atom stereocenters. The van der Waals surface area contributed by atoms with E-state index in [9.17, 15) is 4.79 Å². The molecule has 0 rings (SSSR count). The lowest BCUT2D eigenvalue weighted by atomic mass is 10.5. The van der Waals surface area contributed by atoms with Crippen molar-refractivity contribution in [2.24, 2.45) is 0 Å². The summed E-state index contributed by atoms with van der Waals surface area (Å²) in [4.78, 5) is 10.1. The van der Waals surface area contributed by atoms with Gasteiger partial charge in [0.1, 0.15) is 6.29 Å². The van der Waals surface area contributed by atoms with Crippen molar-refractivity contribution in [2.75, 3.05) is 0 Å². The first kappa shape index (κ1) is 8.85. The van der Waals surface area contributed by atoms with Crippen molar-refractivity contribution in [3.8, 4) is 0 Å². The minimum absolute atomic E-state index is 0.225. The molecule has 2 nitrogen and oxygen atoms in total. The van der Waals surface area contributed by atoms with E-state index in [0.717, 1.165) is 6.29 Å². The molecule has 0 aliphatic rings. The smallest absolute Gasteiger partial charge is 0.184 e. The quantitative estimate of drug-likeness (QED) is 0.444. The first-order chi connectivity index (χ1) is 3.95. The van der Waals surface area contributed by atoms with Crippen LogP contribution < -0.4 is 0 Å². The van der Waals surface area contributed by atoms with Crippen LogP contribution in [0.5, 0.6) is 0 Å². The summed E-state index contributed by atoms with van der Waals surface area (Å²) in [7, 11) is -1.47. The van der Waals surface area contributed by atoms with Crippen molar-refractivity contribution in [3.63, 3.8) is 0 Å². The topological polar surface area (TPSA) is 26.3 Å². The molecule has 0 aromatic rings. The summed E-state index contributed by atoms with van der Waals surface area (Å²) in [5.74, 6) is 0. The number of carbonyl (C=O) groups is 1. The van der Waals surface area contributed by atoms with Gasteiger partial charge in [0.05, 0.1) is 6.10 Å². The molecule has 0 bridgehead atoms. The van der Waals surface area contributed by atoms with Gasteiger partial charge in [-0.3, -0.25) is 0 Å². The Morgan fingerprint density at radius 2 is 1.89 bits per heavy atom. The van der Waals surface area contributed by atoms with Crippen LogP contribution >= 0.6 is 0 Å². The van der Waals surface area contributed by atoms with Crippen molar-refractivity contribution in [2.45, 2.75) is 32.7 Å². The zero-order valence-electron chi connectivity index (χ0n) is 6.47. The molecule has 0 spiro atoms. The van der Waals surface area contributed by atoms with E-state index in [1.807, 2.05) is 0 Å². The zero-order valence-corrected chi connectivity index (χ0v) is 7.47. The maximum absolute atomic E-state index is 10.1. The van der Waals surface area contributed by atoms with Gasteiger partial charge in [0.2, 0.25) is 0 Å². The summed E-state index contributed by atoms with van der Waals surface area (Å²) in [6.07, 6.45) is 0.606. The highest BCUT2D eigenvalue weighted by atomic mass is 28.4.